The highest BCUT2D eigenvalue weighted by molar-refractivity contribution is 5.81. The van der Waals surface area contributed by atoms with Gasteiger partial charge in [0.25, 0.3) is 0 Å². The van der Waals surface area contributed by atoms with E-state index in [4.69, 9.17) is 0 Å². The molecule has 0 aliphatic heterocycles. The van der Waals surface area contributed by atoms with Gasteiger partial charge >= 0.3 is 5.97 Å². The van der Waals surface area contributed by atoms with E-state index in [1.54, 1.807) is 0 Å². The summed E-state index contributed by atoms with van der Waals surface area (Å²) in [5.74, 6) is -0.808. The van der Waals surface area contributed by atoms with E-state index < -0.39 is 5.97 Å². The summed E-state index contributed by atoms with van der Waals surface area (Å²) in [6.45, 7) is 4.34. The van der Waals surface area contributed by atoms with Crippen LogP contribution in [0.15, 0.2) is 0 Å². The van der Waals surface area contributed by atoms with Crippen molar-refractivity contribution >= 4 is 11.9 Å². The number of carboxylic acids is 1. The molecule has 0 saturated heterocycles. The van der Waals surface area contributed by atoms with E-state index in [0.717, 1.165) is 32.1 Å². The second-order valence-corrected chi connectivity index (χ2v) is 5.54. The molecular weight excluding hydrogens is 244 g/mol. The molecule has 1 fully saturated rings. The molecule has 5 heteroatoms. The van der Waals surface area contributed by atoms with Gasteiger partial charge in [0.2, 0.25) is 5.91 Å². The highest BCUT2D eigenvalue weighted by atomic mass is 16.4. The number of carboxylic acid groups (broad SMARTS) is 1. The number of nitrogens with zero attached hydrogens (tertiary/aromatic N) is 1. The highest BCUT2D eigenvalue weighted by Gasteiger charge is 2.41. The van der Waals surface area contributed by atoms with Crippen LogP contribution in [0.1, 0.15) is 52.4 Å². The molecule has 1 unspecified atom stereocenters. The van der Waals surface area contributed by atoms with Crippen LogP contribution in [0.3, 0.4) is 0 Å². The normalized spacial score (nSPS) is 20.0. The van der Waals surface area contributed by atoms with E-state index in [1.165, 1.54) is 0 Å². The van der Waals surface area contributed by atoms with Gasteiger partial charge in [-0.2, -0.15) is 0 Å². The first-order valence-electron chi connectivity index (χ1n) is 7.15. The Kier molecular flexibility index (Phi) is 5.79. The van der Waals surface area contributed by atoms with Crippen molar-refractivity contribution in [3.8, 4) is 0 Å². The zero-order valence-corrected chi connectivity index (χ0v) is 12.2. The first-order valence-corrected chi connectivity index (χ1v) is 7.15. The molecule has 1 aliphatic carbocycles. The molecule has 110 valence electrons. The van der Waals surface area contributed by atoms with Gasteiger partial charge in [0, 0.05) is 12.1 Å². The van der Waals surface area contributed by atoms with Crippen LogP contribution < -0.4 is 5.32 Å². The molecule has 5 nitrogen and oxygen atoms in total. The minimum absolute atomic E-state index is 0.0275. The molecule has 0 radical (unpaired) electrons. The Morgan fingerprint density at radius 2 is 1.89 bits per heavy atom. The van der Waals surface area contributed by atoms with E-state index in [-0.39, 0.29) is 23.9 Å². The second kappa shape index (κ2) is 6.89. The number of amides is 1. The van der Waals surface area contributed by atoms with Gasteiger partial charge < -0.3 is 10.4 Å². The summed E-state index contributed by atoms with van der Waals surface area (Å²) in [4.78, 5) is 25.1. The number of hydrogen-bond acceptors (Lipinski definition) is 3. The van der Waals surface area contributed by atoms with Crippen molar-refractivity contribution < 1.29 is 14.7 Å². The van der Waals surface area contributed by atoms with E-state index in [2.05, 4.69) is 5.32 Å². The summed E-state index contributed by atoms with van der Waals surface area (Å²) < 4.78 is 0. The summed E-state index contributed by atoms with van der Waals surface area (Å²) in [6, 6.07) is -0.294. The smallest absolute Gasteiger partial charge is 0.305 e. The van der Waals surface area contributed by atoms with Gasteiger partial charge in [0.1, 0.15) is 0 Å². The van der Waals surface area contributed by atoms with E-state index in [1.807, 2.05) is 25.8 Å². The zero-order chi connectivity index (χ0) is 14.5. The topological polar surface area (TPSA) is 69.6 Å². The number of nitrogens with one attached hydrogen (secondary N) is 1. The van der Waals surface area contributed by atoms with Gasteiger partial charge in [-0.15, -0.1) is 0 Å². The maximum atomic E-state index is 12.0. The maximum Gasteiger partial charge on any atom is 0.305 e. The van der Waals surface area contributed by atoms with Crippen LogP contribution in [-0.4, -0.2) is 47.1 Å². The van der Waals surface area contributed by atoms with Gasteiger partial charge in [-0.05, 0) is 33.7 Å². The fourth-order valence-corrected chi connectivity index (χ4v) is 3.05. The van der Waals surface area contributed by atoms with Crippen LogP contribution in [-0.2, 0) is 9.59 Å². The molecule has 0 spiro atoms. The lowest BCUT2D eigenvalue weighted by atomic mass is 9.77. The number of rotatable bonds is 6. The van der Waals surface area contributed by atoms with Crippen molar-refractivity contribution in [3.05, 3.63) is 0 Å². The van der Waals surface area contributed by atoms with Gasteiger partial charge in [-0.3, -0.25) is 14.5 Å². The van der Waals surface area contributed by atoms with Gasteiger partial charge in [-0.25, -0.2) is 0 Å². The Bertz CT molecular complexity index is 325. The molecule has 0 aromatic carbocycles. The van der Waals surface area contributed by atoms with Crippen LogP contribution in [0, 0.1) is 0 Å². The van der Waals surface area contributed by atoms with Crippen LogP contribution >= 0.6 is 0 Å². The Hall–Kier alpha value is -1.10. The lowest BCUT2D eigenvalue weighted by molar-refractivity contribution is -0.143. The minimum atomic E-state index is -0.781. The first kappa shape index (κ1) is 16.0. The Balaban J connectivity index is 2.84. The standard InChI is InChI=1S/C14H26N2O3/c1-4-15-13(19)11(2)16(3)14(10-12(17)18)8-6-5-7-9-14/h11H,4-10H2,1-3H3,(H,15,19)(H,17,18). The fourth-order valence-electron chi connectivity index (χ4n) is 3.05. The fraction of sp³-hybridized carbons (Fsp3) is 0.857. The van der Waals surface area contributed by atoms with E-state index in [9.17, 15) is 14.7 Å². The molecule has 0 aromatic rings. The average Bonchev–Trinajstić information content (AvgIpc) is 2.37. The van der Waals surface area contributed by atoms with E-state index >= 15 is 0 Å². The molecule has 0 aromatic heterocycles. The predicted molar refractivity (Wildman–Crippen MR) is 74.0 cm³/mol. The monoisotopic (exact) mass is 270 g/mol. The molecule has 1 saturated carbocycles. The molecular formula is C14H26N2O3. The van der Waals surface area contributed by atoms with Gasteiger partial charge in [-0.1, -0.05) is 19.3 Å². The third-order valence-electron chi connectivity index (χ3n) is 4.32. The Morgan fingerprint density at radius 3 is 2.37 bits per heavy atom. The Morgan fingerprint density at radius 1 is 1.32 bits per heavy atom. The molecule has 1 amide bonds. The van der Waals surface area contributed by atoms with Crippen LogP contribution in [0.2, 0.25) is 0 Å². The Labute approximate surface area is 115 Å². The van der Waals surface area contributed by atoms with Crippen molar-refractivity contribution in [1.29, 1.82) is 0 Å². The molecule has 0 heterocycles. The number of aliphatic carboxylic acids is 1. The predicted octanol–water partition coefficient (Wildman–Crippen LogP) is 1.62. The number of carbonyl (C=O) groups excluding carboxylic acids is 1. The number of likely N-dealkylation sites (N-methyl/N-ethyl adjacent to an activating group) is 2. The van der Waals surface area contributed by atoms with E-state index in [0.29, 0.717) is 6.54 Å². The van der Waals surface area contributed by atoms with Crippen LogP contribution in [0.5, 0.6) is 0 Å². The first-order chi connectivity index (χ1) is 8.93. The average molecular weight is 270 g/mol. The second-order valence-electron chi connectivity index (χ2n) is 5.54. The number of hydrogen-bond donors (Lipinski definition) is 2. The molecule has 1 atom stereocenters. The van der Waals surface area contributed by atoms with Gasteiger partial charge in [0.15, 0.2) is 0 Å². The molecule has 0 bridgehead atoms. The summed E-state index contributed by atoms with van der Waals surface area (Å²) in [6.07, 6.45) is 5.08. The molecule has 1 rings (SSSR count). The molecule has 2 N–H and O–H groups in total. The van der Waals surface area contributed by atoms with Crippen molar-refractivity contribution in [2.24, 2.45) is 0 Å². The third kappa shape index (κ3) is 3.93. The third-order valence-corrected chi connectivity index (χ3v) is 4.32. The van der Waals surface area contributed by atoms with Crippen LogP contribution in [0.4, 0.5) is 0 Å². The molecule has 1 aliphatic rings. The summed E-state index contributed by atoms with van der Waals surface area (Å²) in [5, 5.41) is 12.0. The van der Waals surface area contributed by atoms with Gasteiger partial charge in [0.05, 0.1) is 12.5 Å². The van der Waals surface area contributed by atoms with Crippen LogP contribution in [0.25, 0.3) is 0 Å². The van der Waals surface area contributed by atoms with Crippen molar-refractivity contribution in [3.63, 3.8) is 0 Å². The summed E-state index contributed by atoms with van der Waals surface area (Å²) in [7, 11) is 1.88. The van der Waals surface area contributed by atoms with Crippen molar-refractivity contribution in [1.82, 2.24) is 10.2 Å². The number of carbonyl (C=O) groups is 2. The zero-order valence-electron chi connectivity index (χ0n) is 12.2. The van der Waals surface area contributed by atoms with Crippen molar-refractivity contribution in [2.75, 3.05) is 13.6 Å². The highest BCUT2D eigenvalue weighted by Crippen LogP contribution is 2.36. The lowest BCUT2D eigenvalue weighted by Crippen LogP contribution is -2.56. The maximum absolute atomic E-state index is 12.0. The largest absolute Gasteiger partial charge is 0.481 e. The molecule has 19 heavy (non-hydrogen) atoms. The lowest BCUT2D eigenvalue weighted by Gasteiger charge is -2.46. The quantitative estimate of drug-likeness (QED) is 0.769. The van der Waals surface area contributed by atoms with Crippen molar-refractivity contribution in [2.45, 2.75) is 64.0 Å². The summed E-state index contributed by atoms with van der Waals surface area (Å²) in [5.41, 5.74) is -0.366. The minimum Gasteiger partial charge on any atom is -0.481 e. The summed E-state index contributed by atoms with van der Waals surface area (Å²) >= 11 is 0. The SMILES string of the molecule is CCNC(=O)C(C)N(C)C1(CC(=O)O)CCCCC1.